The maximum Gasteiger partial charge on any atom is 0.160 e. The predicted molar refractivity (Wildman–Crippen MR) is 268 cm³/mol. The number of rotatable bonds is 7. The highest BCUT2D eigenvalue weighted by atomic mass is 32.1. The van der Waals surface area contributed by atoms with Crippen LogP contribution in [-0.2, 0) is 0 Å². The van der Waals surface area contributed by atoms with Gasteiger partial charge in [0.1, 0.15) is 0 Å². The van der Waals surface area contributed by atoms with E-state index in [4.69, 9.17) is 9.97 Å². The van der Waals surface area contributed by atoms with Gasteiger partial charge in [0.25, 0.3) is 0 Å². The molecule has 3 heteroatoms. The molecule has 0 saturated heterocycles. The van der Waals surface area contributed by atoms with E-state index in [1.165, 1.54) is 75.1 Å². The van der Waals surface area contributed by atoms with Crippen LogP contribution in [0.3, 0.4) is 0 Å². The smallest absolute Gasteiger partial charge is 0.160 e. The zero-order valence-electron chi connectivity index (χ0n) is 34.2. The molecule has 0 N–H and O–H groups in total. The standard InChI is InChI=1S/C60H38N2S/c1-3-11-39(12-4-1)41-21-30-47(31-22-41)54-38-55(62-60(61-54)49-34-25-42(26-35-49)40-13-5-2-6-14-40)48-32-23-44(24-33-48)43-19-27-46(28-20-43)53-37-50-36-29-45-15-7-8-16-51(45)57(50)59-58(53)52-17-9-10-18-56(52)63-59/h1-38H. The summed E-state index contributed by atoms with van der Waals surface area (Å²) in [5, 5.41) is 7.84. The molecule has 63 heavy (non-hydrogen) atoms. The normalized spacial score (nSPS) is 11.5. The number of aromatic nitrogens is 2. The average molecular weight is 819 g/mol. The molecule has 0 aliphatic rings. The molecule has 0 fully saturated rings. The number of thiophene rings is 1. The Hall–Kier alpha value is -7.98. The first-order valence-corrected chi connectivity index (χ1v) is 22.2. The van der Waals surface area contributed by atoms with E-state index in [1.807, 2.05) is 23.5 Å². The van der Waals surface area contributed by atoms with Crippen molar-refractivity contribution in [2.45, 2.75) is 0 Å². The van der Waals surface area contributed by atoms with Crippen molar-refractivity contribution in [1.29, 1.82) is 0 Å². The molecular weight excluding hydrogens is 781 g/mol. The van der Waals surface area contributed by atoms with Crippen molar-refractivity contribution >= 4 is 53.1 Å². The van der Waals surface area contributed by atoms with Gasteiger partial charge in [0.2, 0.25) is 0 Å². The van der Waals surface area contributed by atoms with E-state index in [-0.39, 0.29) is 0 Å². The predicted octanol–water partition coefficient (Wildman–Crippen LogP) is 16.8. The Bertz CT molecular complexity index is 3510. The minimum absolute atomic E-state index is 0.697. The van der Waals surface area contributed by atoms with Crippen LogP contribution in [0.1, 0.15) is 0 Å². The van der Waals surface area contributed by atoms with Gasteiger partial charge >= 0.3 is 0 Å². The molecule has 0 bridgehead atoms. The summed E-state index contributed by atoms with van der Waals surface area (Å²) in [5.74, 6) is 0.697. The first-order chi connectivity index (χ1) is 31.2. The summed E-state index contributed by atoms with van der Waals surface area (Å²) >= 11 is 1.90. The molecule has 2 nitrogen and oxygen atoms in total. The van der Waals surface area contributed by atoms with Crippen molar-refractivity contribution in [2.24, 2.45) is 0 Å². The largest absolute Gasteiger partial charge is 0.228 e. The van der Waals surface area contributed by atoms with Crippen molar-refractivity contribution in [1.82, 2.24) is 9.97 Å². The Labute approximate surface area is 370 Å². The van der Waals surface area contributed by atoms with Gasteiger partial charge in [-0.3, -0.25) is 0 Å². The Balaban J connectivity index is 0.899. The molecule has 0 unspecified atom stereocenters. The third kappa shape index (κ3) is 6.76. The van der Waals surface area contributed by atoms with Gasteiger partial charge < -0.3 is 0 Å². The lowest BCUT2D eigenvalue weighted by Gasteiger charge is -2.12. The van der Waals surface area contributed by atoms with Crippen LogP contribution in [0.4, 0.5) is 0 Å². The van der Waals surface area contributed by atoms with Crippen molar-refractivity contribution < 1.29 is 0 Å². The SMILES string of the molecule is c1ccc(-c2ccc(-c3cc(-c4ccc(-c5ccc(-c6cc7ccc8ccccc8c7c7sc8ccccc8c67)cc5)cc4)nc(-c4ccc(-c5ccccc5)cc4)n3)cc2)cc1. The van der Waals surface area contributed by atoms with Gasteiger partial charge in [-0.25, -0.2) is 9.97 Å². The Morgan fingerprint density at radius 3 is 1.29 bits per heavy atom. The van der Waals surface area contributed by atoms with Crippen LogP contribution in [0.15, 0.2) is 231 Å². The Kier molecular flexibility index (Phi) is 9.06. The van der Waals surface area contributed by atoms with Crippen molar-refractivity contribution in [3.63, 3.8) is 0 Å². The molecule has 2 aromatic heterocycles. The molecule has 12 rings (SSSR count). The zero-order chi connectivity index (χ0) is 41.7. The fourth-order valence-corrected chi connectivity index (χ4v) is 10.4. The van der Waals surface area contributed by atoms with Crippen molar-refractivity contribution in [2.75, 3.05) is 0 Å². The fourth-order valence-electron chi connectivity index (χ4n) is 9.06. The number of nitrogens with zero attached hydrogens (tertiary/aromatic N) is 2. The van der Waals surface area contributed by atoms with Gasteiger partial charge in [0.15, 0.2) is 5.82 Å². The van der Waals surface area contributed by atoms with Gasteiger partial charge in [-0.15, -0.1) is 11.3 Å². The average Bonchev–Trinajstić information content (AvgIpc) is 3.76. The Morgan fingerprint density at radius 2 is 0.714 bits per heavy atom. The van der Waals surface area contributed by atoms with Gasteiger partial charge in [-0.1, -0.05) is 212 Å². The van der Waals surface area contributed by atoms with Crippen LogP contribution in [0.25, 0.3) is 120 Å². The monoisotopic (exact) mass is 818 g/mol. The van der Waals surface area contributed by atoms with Gasteiger partial charge in [0, 0.05) is 42.2 Å². The van der Waals surface area contributed by atoms with Crippen LogP contribution in [0.5, 0.6) is 0 Å². The number of hydrogen-bond acceptors (Lipinski definition) is 3. The maximum atomic E-state index is 5.18. The van der Waals surface area contributed by atoms with E-state index in [9.17, 15) is 0 Å². The van der Waals surface area contributed by atoms with Gasteiger partial charge in [0.05, 0.1) is 11.4 Å². The molecule has 0 aliphatic heterocycles. The highest BCUT2D eigenvalue weighted by molar-refractivity contribution is 7.27. The molecule has 294 valence electrons. The highest BCUT2D eigenvalue weighted by Crippen LogP contribution is 2.46. The fraction of sp³-hybridized carbons (Fsp3) is 0. The van der Waals surface area contributed by atoms with Crippen LogP contribution in [0.2, 0.25) is 0 Å². The minimum Gasteiger partial charge on any atom is -0.228 e. The molecule has 0 radical (unpaired) electrons. The van der Waals surface area contributed by atoms with Crippen LogP contribution in [0, 0.1) is 0 Å². The number of fused-ring (bicyclic) bond motifs is 7. The summed E-state index contributed by atoms with van der Waals surface area (Å²) in [6.07, 6.45) is 0. The highest BCUT2D eigenvalue weighted by Gasteiger charge is 2.17. The molecule has 0 spiro atoms. The summed E-state index contributed by atoms with van der Waals surface area (Å²) in [7, 11) is 0. The lowest BCUT2D eigenvalue weighted by molar-refractivity contribution is 1.18. The van der Waals surface area contributed by atoms with E-state index in [0.717, 1.165) is 39.2 Å². The zero-order valence-corrected chi connectivity index (χ0v) is 35.1. The third-order valence-electron chi connectivity index (χ3n) is 12.3. The molecule has 0 atom stereocenters. The molecular formula is C60H38N2S. The second-order valence-electron chi connectivity index (χ2n) is 16.1. The van der Waals surface area contributed by atoms with Crippen LogP contribution < -0.4 is 0 Å². The second kappa shape index (κ2) is 15.5. The van der Waals surface area contributed by atoms with Crippen molar-refractivity contribution in [3.05, 3.63) is 231 Å². The van der Waals surface area contributed by atoms with E-state index in [1.54, 1.807) is 0 Å². The second-order valence-corrected chi connectivity index (χ2v) is 17.2. The summed E-state index contributed by atoms with van der Waals surface area (Å²) in [6, 6.07) is 82.7. The van der Waals surface area contributed by atoms with Crippen molar-refractivity contribution in [3.8, 4) is 78.4 Å². The number of hydrogen-bond donors (Lipinski definition) is 0. The summed E-state index contributed by atoms with van der Waals surface area (Å²) in [4.78, 5) is 10.3. The lowest BCUT2D eigenvalue weighted by atomic mass is 9.92. The van der Waals surface area contributed by atoms with E-state index >= 15 is 0 Å². The quantitative estimate of drug-likeness (QED) is 0.150. The first-order valence-electron chi connectivity index (χ1n) is 21.4. The van der Waals surface area contributed by atoms with E-state index < -0.39 is 0 Å². The molecule has 10 aromatic carbocycles. The molecule has 0 amide bonds. The number of benzene rings is 10. The van der Waals surface area contributed by atoms with E-state index in [0.29, 0.717) is 5.82 Å². The molecule has 0 aliphatic carbocycles. The van der Waals surface area contributed by atoms with Gasteiger partial charge in [-0.05, 0) is 78.9 Å². The summed E-state index contributed by atoms with van der Waals surface area (Å²) < 4.78 is 2.67. The summed E-state index contributed by atoms with van der Waals surface area (Å²) in [5.41, 5.74) is 14.4. The topological polar surface area (TPSA) is 25.8 Å². The first kappa shape index (κ1) is 36.8. The lowest BCUT2D eigenvalue weighted by Crippen LogP contribution is -1.96. The Morgan fingerprint density at radius 1 is 0.286 bits per heavy atom. The van der Waals surface area contributed by atoms with E-state index in [2.05, 4.69) is 218 Å². The van der Waals surface area contributed by atoms with Crippen LogP contribution >= 0.6 is 11.3 Å². The molecule has 2 heterocycles. The summed E-state index contributed by atoms with van der Waals surface area (Å²) in [6.45, 7) is 0. The van der Waals surface area contributed by atoms with Crippen LogP contribution in [-0.4, -0.2) is 9.97 Å². The minimum atomic E-state index is 0.697. The molecule has 0 saturated carbocycles. The molecule has 12 aromatic rings. The van der Waals surface area contributed by atoms with Gasteiger partial charge in [-0.2, -0.15) is 0 Å². The third-order valence-corrected chi connectivity index (χ3v) is 13.5. The maximum absolute atomic E-state index is 5.18.